The number of halogens is 1. The average Bonchev–Trinajstić information content (AvgIpc) is 2.94. The number of amides is 2. The van der Waals surface area contributed by atoms with E-state index in [4.69, 9.17) is 21.1 Å². The van der Waals surface area contributed by atoms with Gasteiger partial charge in [0.1, 0.15) is 24.1 Å². The SMILES string of the molecule is COc1ccc(CN(C(=O)CN(c2ccc(OC)c(Cl)c2)S(=O)(=O)c2ccccc2)C(C)C(=O)NC(C)C)cc1. The van der Waals surface area contributed by atoms with Gasteiger partial charge in [0, 0.05) is 12.6 Å². The second-order valence-corrected chi connectivity index (χ2v) is 11.6. The minimum atomic E-state index is -4.20. The van der Waals surface area contributed by atoms with Crippen molar-refractivity contribution in [3.8, 4) is 11.5 Å². The molecule has 3 aromatic rings. The van der Waals surface area contributed by atoms with Gasteiger partial charge in [0.25, 0.3) is 10.0 Å². The normalized spacial score (nSPS) is 12.0. The third-order valence-electron chi connectivity index (χ3n) is 6.14. The van der Waals surface area contributed by atoms with E-state index in [0.717, 1.165) is 9.87 Å². The first-order valence-corrected chi connectivity index (χ1v) is 14.4. The summed E-state index contributed by atoms with van der Waals surface area (Å²) in [6.45, 7) is 4.75. The molecule has 40 heavy (non-hydrogen) atoms. The van der Waals surface area contributed by atoms with Crippen molar-refractivity contribution in [2.75, 3.05) is 25.1 Å². The van der Waals surface area contributed by atoms with E-state index in [0.29, 0.717) is 11.5 Å². The minimum absolute atomic E-state index is 0.00189. The molecular weight excluding hydrogens is 554 g/mol. The summed E-state index contributed by atoms with van der Waals surface area (Å²) in [4.78, 5) is 28.3. The van der Waals surface area contributed by atoms with Crippen LogP contribution in [-0.2, 0) is 26.2 Å². The first-order chi connectivity index (χ1) is 19.0. The molecule has 9 nitrogen and oxygen atoms in total. The Morgan fingerprint density at radius 2 is 1.57 bits per heavy atom. The number of hydrogen-bond acceptors (Lipinski definition) is 6. The number of sulfonamides is 1. The lowest BCUT2D eigenvalue weighted by atomic mass is 10.1. The largest absolute Gasteiger partial charge is 0.497 e. The van der Waals surface area contributed by atoms with Crippen molar-refractivity contribution in [1.29, 1.82) is 0 Å². The average molecular weight is 588 g/mol. The Morgan fingerprint density at radius 3 is 2.12 bits per heavy atom. The zero-order chi connectivity index (χ0) is 29.4. The molecule has 0 aliphatic carbocycles. The van der Waals surface area contributed by atoms with E-state index in [9.17, 15) is 18.0 Å². The quantitative estimate of drug-likeness (QED) is 0.335. The van der Waals surface area contributed by atoms with Crippen LogP contribution in [0.1, 0.15) is 26.3 Å². The lowest BCUT2D eigenvalue weighted by Gasteiger charge is -2.32. The summed E-state index contributed by atoms with van der Waals surface area (Å²) in [6, 6.07) is 18.3. The molecule has 2 amide bonds. The summed E-state index contributed by atoms with van der Waals surface area (Å²) < 4.78 is 39.1. The second-order valence-electron chi connectivity index (χ2n) is 9.35. The highest BCUT2D eigenvalue weighted by atomic mass is 35.5. The number of carbonyl (C=O) groups excluding carboxylic acids is 2. The third-order valence-corrected chi connectivity index (χ3v) is 8.23. The Hall–Kier alpha value is -3.76. The van der Waals surface area contributed by atoms with Crippen molar-refractivity contribution in [1.82, 2.24) is 10.2 Å². The van der Waals surface area contributed by atoms with Gasteiger partial charge in [-0.3, -0.25) is 13.9 Å². The molecule has 11 heteroatoms. The van der Waals surface area contributed by atoms with Gasteiger partial charge in [-0.25, -0.2) is 8.42 Å². The van der Waals surface area contributed by atoms with E-state index < -0.39 is 28.5 Å². The van der Waals surface area contributed by atoms with Crippen LogP contribution in [0.3, 0.4) is 0 Å². The van der Waals surface area contributed by atoms with Gasteiger partial charge in [0.05, 0.1) is 29.8 Å². The number of rotatable bonds is 12. The maximum Gasteiger partial charge on any atom is 0.264 e. The molecule has 214 valence electrons. The predicted molar refractivity (Wildman–Crippen MR) is 155 cm³/mol. The number of carbonyl (C=O) groups is 2. The number of anilines is 1. The van der Waals surface area contributed by atoms with Crippen LogP contribution in [0.15, 0.2) is 77.7 Å². The summed E-state index contributed by atoms with van der Waals surface area (Å²) in [6.07, 6.45) is 0. The molecule has 0 aliphatic rings. The number of nitrogens with one attached hydrogen (secondary N) is 1. The van der Waals surface area contributed by atoms with E-state index >= 15 is 0 Å². The lowest BCUT2D eigenvalue weighted by molar-refractivity contribution is -0.139. The van der Waals surface area contributed by atoms with E-state index in [1.807, 2.05) is 13.8 Å². The van der Waals surface area contributed by atoms with Crippen molar-refractivity contribution < 1.29 is 27.5 Å². The van der Waals surface area contributed by atoms with Crippen molar-refractivity contribution in [2.45, 2.75) is 44.3 Å². The van der Waals surface area contributed by atoms with Crippen LogP contribution < -0.4 is 19.1 Å². The van der Waals surface area contributed by atoms with Crippen LogP contribution in [0.25, 0.3) is 0 Å². The third kappa shape index (κ3) is 7.45. The first kappa shape index (κ1) is 30.8. The van der Waals surface area contributed by atoms with E-state index in [2.05, 4.69) is 5.32 Å². The number of methoxy groups -OCH3 is 2. The summed E-state index contributed by atoms with van der Waals surface area (Å²) >= 11 is 6.34. The van der Waals surface area contributed by atoms with Gasteiger partial charge >= 0.3 is 0 Å². The Balaban J connectivity index is 2.04. The molecule has 0 spiro atoms. The summed E-state index contributed by atoms with van der Waals surface area (Å²) in [5.74, 6) is 0.0631. The van der Waals surface area contributed by atoms with Crippen LogP contribution in [-0.4, -0.2) is 58.0 Å². The fraction of sp³-hybridized carbons (Fsp3) is 0.310. The Morgan fingerprint density at radius 1 is 0.925 bits per heavy atom. The van der Waals surface area contributed by atoms with Gasteiger partial charge in [0.15, 0.2) is 0 Å². The molecule has 1 N–H and O–H groups in total. The molecule has 0 heterocycles. The molecule has 3 rings (SSSR count). The highest BCUT2D eigenvalue weighted by molar-refractivity contribution is 7.92. The van der Waals surface area contributed by atoms with Crippen molar-refractivity contribution in [3.05, 3.63) is 83.4 Å². The van der Waals surface area contributed by atoms with Gasteiger partial charge < -0.3 is 19.7 Å². The van der Waals surface area contributed by atoms with E-state index in [1.165, 1.54) is 42.3 Å². The van der Waals surface area contributed by atoms with Crippen LogP contribution in [0, 0.1) is 0 Å². The monoisotopic (exact) mass is 587 g/mol. The Kier molecular flexibility index (Phi) is 10.4. The van der Waals surface area contributed by atoms with Gasteiger partial charge in [-0.2, -0.15) is 0 Å². The molecule has 0 aromatic heterocycles. The van der Waals surface area contributed by atoms with Crippen molar-refractivity contribution in [3.63, 3.8) is 0 Å². The highest BCUT2D eigenvalue weighted by Crippen LogP contribution is 2.32. The number of benzene rings is 3. The molecule has 0 bridgehead atoms. The number of ether oxygens (including phenoxy) is 2. The summed E-state index contributed by atoms with van der Waals surface area (Å²) in [7, 11) is -1.20. The van der Waals surface area contributed by atoms with Gasteiger partial charge in [-0.05, 0) is 68.8 Å². The van der Waals surface area contributed by atoms with Crippen molar-refractivity contribution >= 4 is 39.1 Å². The molecule has 3 aromatic carbocycles. The topological polar surface area (TPSA) is 105 Å². The maximum atomic E-state index is 13.9. The molecule has 0 fully saturated rings. The Bertz CT molecular complexity index is 1420. The molecule has 0 radical (unpaired) electrons. The van der Waals surface area contributed by atoms with E-state index in [1.54, 1.807) is 56.5 Å². The van der Waals surface area contributed by atoms with Crippen LogP contribution >= 0.6 is 11.6 Å². The smallest absolute Gasteiger partial charge is 0.264 e. The zero-order valence-electron chi connectivity index (χ0n) is 23.1. The Labute approximate surface area is 240 Å². The molecule has 1 atom stereocenters. The number of hydrogen-bond donors (Lipinski definition) is 1. The predicted octanol–water partition coefficient (Wildman–Crippen LogP) is 4.49. The van der Waals surface area contributed by atoms with Gasteiger partial charge in [-0.1, -0.05) is 41.9 Å². The molecule has 0 saturated carbocycles. The molecule has 0 saturated heterocycles. The highest BCUT2D eigenvalue weighted by Gasteiger charge is 2.33. The fourth-order valence-electron chi connectivity index (χ4n) is 3.97. The minimum Gasteiger partial charge on any atom is -0.497 e. The van der Waals surface area contributed by atoms with Gasteiger partial charge in [0.2, 0.25) is 11.8 Å². The standard InChI is InChI=1S/C29H34ClN3O6S/c1-20(2)31-29(35)21(3)32(18-22-11-14-24(38-4)15-12-22)28(34)19-33(23-13-16-27(39-5)26(30)17-23)40(36,37)25-9-7-6-8-10-25/h6-17,20-21H,18-19H2,1-5H3,(H,31,35). The van der Waals surface area contributed by atoms with Crippen LogP contribution in [0.2, 0.25) is 5.02 Å². The molecule has 0 aliphatic heterocycles. The molecule has 1 unspecified atom stereocenters. The summed E-state index contributed by atoms with van der Waals surface area (Å²) in [5, 5.41) is 3.01. The van der Waals surface area contributed by atoms with Gasteiger partial charge in [-0.15, -0.1) is 0 Å². The zero-order valence-corrected chi connectivity index (χ0v) is 24.7. The summed E-state index contributed by atoms with van der Waals surface area (Å²) in [5.41, 5.74) is 0.912. The maximum absolute atomic E-state index is 13.9. The molecular formula is C29H34ClN3O6S. The second kappa shape index (κ2) is 13.5. The van der Waals surface area contributed by atoms with Crippen molar-refractivity contribution in [2.24, 2.45) is 0 Å². The van der Waals surface area contributed by atoms with Crippen LogP contribution in [0.5, 0.6) is 11.5 Å². The number of nitrogens with zero attached hydrogens (tertiary/aromatic N) is 2. The van der Waals surface area contributed by atoms with E-state index in [-0.39, 0.29) is 34.1 Å². The fourth-order valence-corrected chi connectivity index (χ4v) is 5.65. The first-order valence-electron chi connectivity index (χ1n) is 12.6. The lowest BCUT2D eigenvalue weighted by Crippen LogP contribution is -2.52. The van der Waals surface area contributed by atoms with Crippen LogP contribution in [0.4, 0.5) is 5.69 Å².